The molecule has 0 aromatic heterocycles. The number of ether oxygens (including phenoxy) is 1. The smallest absolute Gasteiger partial charge is 0.417 e. The van der Waals surface area contributed by atoms with Crippen molar-refractivity contribution in [3.05, 3.63) is 35.9 Å². The van der Waals surface area contributed by atoms with Gasteiger partial charge < -0.3 is 13.6 Å². The fourth-order valence-electron chi connectivity index (χ4n) is 5.15. The van der Waals surface area contributed by atoms with Crippen LogP contribution in [0.4, 0.5) is 4.79 Å². The van der Waals surface area contributed by atoms with E-state index in [-0.39, 0.29) is 34.2 Å². The van der Waals surface area contributed by atoms with E-state index in [4.69, 9.17) is 13.6 Å². The number of rotatable bonds is 8. The highest BCUT2D eigenvalue weighted by Crippen LogP contribution is 2.44. The van der Waals surface area contributed by atoms with Crippen LogP contribution in [-0.4, -0.2) is 51.8 Å². The molecule has 1 aliphatic carbocycles. The van der Waals surface area contributed by atoms with E-state index in [1.807, 2.05) is 37.3 Å². The molecule has 6 nitrogen and oxygen atoms in total. The summed E-state index contributed by atoms with van der Waals surface area (Å²) < 4.78 is 19.6. The monoisotopic (exact) mass is 575 g/mol. The van der Waals surface area contributed by atoms with Crippen LogP contribution < -0.4 is 0 Å². The summed E-state index contributed by atoms with van der Waals surface area (Å²) in [5, 5.41) is 0.245. The first-order valence-electron chi connectivity index (χ1n) is 14.8. The minimum atomic E-state index is -2.01. The van der Waals surface area contributed by atoms with Crippen molar-refractivity contribution in [2.45, 2.75) is 141 Å². The van der Waals surface area contributed by atoms with Gasteiger partial charge >= 0.3 is 6.09 Å². The van der Waals surface area contributed by atoms with Gasteiger partial charge in [-0.1, -0.05) is 71.9 Å². The van der Waals surface area contributed by atoms with Crippen LogP contribution >= 0.6 is 0 Å². The Morgan fingerprint density at radius 2 is 1.46 bits per heavy atom. The van der Waals surface area contributed by atoms with Crippen molar-refractivity contribution >= 4 is 28.6 Å². The predicted octanol–water partition coefficient (Wildman–Crippen LogP) is 8.46. The standard InChI is InChI=1S/C31H53NO5Si2/c1-22-28(24-15-13-12-14-16-24)35-29(34)32(22)27(33)20-18-23-17-19-25(36-38(8,9)30(2,3)4)26(21-23)37-39(10,11)31(5,6)7/h12-16,22-23,25-26,28H,17-21H2,1-11H3/t22-,23+,25-,26-,28-/m1/s1. The third-order valence-electron chi connectivity index (χ3n) is 9.78. The van der Waals surface area contributed by atoms with Gasteiger partial charge in [-0.3, -0.25) is 4.79 Å². The predicted molar refractivity (Wildman–Crippen MR) is 163 cm³/mol. The van der Waals surface area contributed by atoms with Gasteiger partial charge in [-0.25, -0.2) is 9.69 Å². The Morgan fingerprint density at radius 3 is 2.00 bits per heavy atom. The first-order chi connectivity index (χ1) is 17.8. The first-order valence-corrected chi connectivity index (χ1v) is 20.6. The minimum Gasteiger partial charge on any atom is -0.439 e. The molecule has 0 bridgehead atoms. The van der Waals surface area contributed by atoms with E-state index < -0.39 is 28.8 Å². The number of amides is 2. The molecular weight excluding hydrogens is 523 g/mol. The molecule has 5 atom stereocenters. The van der Waals surface area contributed by atoms with Crippen LogP contribution in [-0.2, 0) is 18.4 Å². The maximum Gasteiger partial charge on any atom is 0.417 e. The molecule has 1 aromatic carbocycles. The molecule has 1 aromatic rings. The highest BCUT2D eigenvalue weighted by molar-refractivity contribution is 6.74. The SMILES string of the molecule is C[C@@H]1[C@H](c2ccccc2)OC(=O)N1C(=O)CC[C@@H]1CC[C@@H](O[Si](C)(C)C(C)(C)C)[C@H](O[Si](C)(C)C(C)(C)C)C1. The van der Waals surface area contributed by atoms with Crippen LogP contribution in [0.3, 0.4) is 0 Å². The van der Waals surface area contributed by atoms with Gasteiger partial charge in [-0.05, 0) is 80.4 Å². The molecule has 1 aliphatic heterocycles. The third-order valence-corrected chi connectivity index (χ3v) is 18.8. The van der Waals surface area contributed by atoms with E-state index in [1.54, 1.807) is 0 Å². The molecule has 3 rings (SSSR count). The molecule has 1 heterocycles. The summed E-state index contributed by atoms with van der Waals surface area (Å²) in [5.74, 6) is 0.217. The summed E-state index contributed by atoms with van der Waals surface area (Å²) in [5.41, 5.74) is 0.916. The van der Waals surface area contributed by atoms with Crippen molar-refractivity contribution < 1.29 is 23.2 Å². The molecule has 8 heteroatoms. The quantitative estimate of drug-likeness (QED) is 0.291. The normalized spacial score (nSPS) is 27.0. The van der Waals surface area contributed by atoms with E-state index in [2.05, 4.69) is 67.7 Å². The third kappa shape index (κ3) is 7.43. The van der Waals surface area contributed by atoms with Crippen molar-refractivity contribution in [3.8, 4) is 0 Å². The second-order valence-corrected chi connectivity index (χ2v) is 24.3. The molecule has 0 unspecified atom stereocenters. The van der Waals surface area contributed by atoms with Gasteiger partial charge in [-0.2, -0.15) is 0 Å². The number of cyclic esters (lactones) is 1. The molecule has 0 radical (unpaired) electrons. The van der Waals surface area contributed by atoms with Gasteiger partial charge in [0.1, 0.15) is 6.10 Å². The molecule has 2 fully saturated rings. The van der Waals surface area contributed by atoms with Crippen LogP contribution in [0.15, 0.2) is 30.3 Å². The molecule has 39 heavy (non-hydrogen) atoms. The average molecular weight is 576 g/mol. The Morgan fingerprint density at radius 1 is 0.923 bits per heavy atom. The maximum atomic E-state index is 13.3. The second kappa shape index (κ2) is 11.8. The fourth-order valence-corrected chi connectivity index (χ4v) is 7.89. The number of hydrogen-bond donors (Lipinski definition) is 0. The Bertz CT molecular complexity index is 998. The molecular formula is C31H53NO5Si2. The number of hydrogen-bond acceptors (Lipinski definition) is 5. The highest BCUT2D eigenvalue weighted by Gasteiger charge is 2.47. The van der Waals surface area contributed by atoms with Gasteiger partial charge in [-0.15, -0.1) is 0 Å². The topological polar surface area (TPSA) is 65.1 Å². The number of carbonyl (C=O) groups excluding carboxylic acids is 2. The van der Waals surface area contributed by atoms with Crippen molar-refractivity contribution in [2.75, 3.05) is 0 Å². The van der Waals surface area contributed by atoms with Crippen LogP contribution in [0.5, 0.6) is 0 Å². The molecule has 0 spiro atoms. The summed E-state index contributed by atoms with van der Waals surface area (Å²) >= 11 is 0. The Labute approximate surface area is 239 Å². The van der Waals surface area contributed by atoms with Crippen LogP contribution in [0.25, 0.3) is 0 Å². The van der Waals surface area contributed by atoms with Gasteiger partial charge in [0.25, 0.3) is 0 Å². The van der Waals surface area contributed by atoms with Crippen molar-refractivity contribution in [2.24, 2.45) is 5.92 Å². The average Bonchev–Trinajstić information content (AvgIpc) is 3.11. The van der Waals surface area contributed by atoms with Gasteiger partial charge in [0.15, 0.2) is 16.6 Å². The lowest BCUT2D eigenvalue weighted by molar-refractivity contribution is -0.129. The zero-order valence-electron chi connectivity index (χ0n) is 26.3. The Balaban J connectivity index is 1.68. The van der Waals surface area contributed by atoms with E-state index in [9.17, 15) is 9.59 Å². The van der Waals surface area contributed by atoms with Crippen molar-refractivity contribution in [3.63, 3.8) is 0 Å². The fraction of sp³-hybridized carbons (Fsp3) is 0.742. The van der Waals surface area contributed by atoms with Gasteiger partial charge in [0.2, 0.25) is 5.91 Å². The maximum absolute atomic E-state index is 13.3. The molecule has 1 saturated heterocycles. The summed E-state index contributed by atoms with van der Waals surface area (Å²) in [6, 6.07) is 9.34. The van der Waals surface area contributed by atoms with Crippen LogP contribution in [0.1, 0.15) is 92.2 Å². The Kier molecular flexibility index (Phi) is 9.68. The zero-order chi connectivity index (χ0) is 29.4. The summed E-state index contributed by atoms with van der Waals surface area (Å²) in [4.78, 5) is 27.3. The van der Waals surface area contributed by atoms with Gasteiger partial charge in [0.05, 0.1) is 18.2 Å². The molecule has 2 amide bonds. The zero-order valence-corrected chi connectivity index (χ0v) is 28.3. The molecule has 1 saturated carbocycles. The van der Waals surface area contributed by atoms with E-state index >= 15 is 0 Å². The lowest BCUT2D eigenvalue weighted by Crippen LogP contribution is -2.53. The highest BCUT2D eigenvalue weighted by atomic mass is 28.4. The van der Waals surface area contributed by atoms with Gasteiger partial charge in [0, 0.05) is 6.42 Å². The first kappa shape index (κ1) is 32.0. The van der Waals surface area contributed by atoms with E-state index in [1.165, 1.54) is 4.90 Å². The van der Waals surface area contributed by atoms with Crippen molar-refractivity contribution in [1.82, 2.24) is 4.90 Å². The van der Waals surface area contributed by atoms with E-state index in [0.29, 0.717) is 12.3 Å². The summed E-state index contributed by atoms with van der Waals surface area (Å²) in [7, 11) is -3.97. The largest absolute Gasteiger partial charge is 0.439 e. The number of carbonyl (C=O) groups is 2. The number of imide groups is 1. The number of benzene rings is 1. The summed E-state index contributed by atoms with van der Waals surface area (Å²) in [6.07, 6.45) is 3.10. The Hall–Kier alpha value is -1.49. The molecule has 220 valence electrons. The summed E-state index contributed by atoms with van der Waals surface area (Å²) in [6.45, 7) is 24.8. The minimum absolute atomic E-state index is 0.0343. The van der Waals surface area contributed by atoms with Crippen LogP contribution in [0, 0.1) is 5.92 Å². The number of nitrogens with zero attached hydrogens (tertiary/aromatic N) is 1. The van der Waals surface area contributed by atoms with Crippen LogP contribution in [0.2, 0.25) is 36.3 Å². The lowest BCUT2D eigenvalue weighted by Gasteiger charge is -2.48. The second-order valence-electron chi connectivity index (χ2n) is 14.8. The van der Waals surface area contributed by atoms with E-state index in [0.717, 1.165) is 31.2 Å². The van der Waals surface area contributed by atoms with Crippen molar-refractivity contribution in [1.29, 1.82) is 0 Å². The molecule has 2 aliphatic rings. The molecule has 0 N–H and O–H groups in total. The lowest BCUT2D eigenvalue weighted by atomic mass is 9.82.